The van der Waals surface area contributed by atoms with Crippen molar-refractivity contribution < 1.29 is 23.3 Å². The minimum absolute atomic E-state index is 0.198. The maximum atomic E-state index is 13.3. The Bertz CT molecular complexity index is 1210. The first-order valence-electron chi connectivity index (χ1n) is 11.4. The third kappa shape index (κ3) is 3.96. The number of halogens is 1. The van der Waals surface area contributed by atoms with Crippen molar-refractivity contribution in [3.8, 4) is 0 Å². The third-order valence-electron chi connectivity index (χ3n) is 6.32. The molecule has 1 N–H and O–H groups in total. The van der Waals surface area contributed by atoms with Gasteiger partial charge in [-0.15, -0.1) is 0 Å². The monoisotopic (exact) mass is 467 g/mol. The summed E-state index contributed by atoms with van der Waals surface area (Å²) in [5.74, 6) is -0.350. The van der Waals surface area contributed by atoms with Gasteiger partial charge in [-0.3, -0.25) is 4.57 Å². The molecule has 3 aliphatic heterocycles. The Kier molecular flexibility index (Phi) is 5.33. The summed E-state index contributed by atoms with van der Waals surface area (Å²) in [5, 5.41) is 3.41. The minimum Gasteiger partial charge on any atom is -0.379 e. The third-order valence-corrected chi connectivity index (χ3v) is 6.32. The lowest BCUT2D eigenvalue weighted by molar-refractivity contribution is -0.191. The molecule has 0 spiro atoms. The molecule has 3 aromatic rings. The largest absolute Gasteiger partial charge is 0.379 e. The van der Waals surface area contributed by atoms with E-state index < -0.39 is 12.0 Å². The predicted molar refractivity (Wildman–Crippen MR) is 121 cm³/mol. The van der Waals surface area contributed by atoms with Gasteiger partial charge in [-0.1, -0.05) is 24.3 Å². The van der Waals surface area contributed by atoms with E-state index in [2.05, 4.69) is 20.3 Å². The van der Waals surface area contributed by atoms with Crippen molar-refractivity contribution in [3.63, 3.8) is 0 Å². The fraction of sp³-hybridized carbons (Fsp3) is 0.458. The standard InChI is InChI=1S/C24H26FN5O4/c1-24(2)33-19-17(8-5-14-3-6-15(25)7-4-14)32-23(20(19)34-24)30-13-28-18-21(26-12-27-22(18)30)29-16-9-10-31-11-16/h3-8,12-13,16-17,19-20,23H,9-11H2,1-2H3,(H,26,27,29)/b8-5+. The molecule has 10 heteroatoms. The van der Waals surface area contributed by atoms with E-state index in [1.165, 1.54) is 18.5 Å². The SMILES string of the molecule is CC1(C)OC2C(/C=C/c3ccc(F)cc3)OC(n3cnc4c(NC5CCOC5)ncnc43)C2O1. The van der Waals surface area contributed by atoms with Crippen LogP contribution in [0.25, 0.3) is 17.2 Å². The molecule has 3 aliphatic rings. The summed E-state index contributed by atoms with van der Waals surface area (Å²) in [4.78, 5) is 13.5. The van der Waals surface area contributed by atoms with Crippen LogP contribution in [0.2, 0.25) is 0 Å². The Morgan fingerprint density at radius 3 is 2.74 bits per heavy atom. The lowest BCUT2D eigenvalue weighted by Gasteiger charge is -2.24. The first kappa shape index (κ1) is 21.6. The normalized spacial score (nSPS) is 30.4. The summed E-state index contributed by atoms with van der Waals surface area (Å²) in [6.45, 7) is 5.16. The van der Waals surface area contributed by atoms with E-state index in [1.54, 1.807) is 18.5 Å². The van der Waals surface area contributed by atoms with Gasteiger partial charge in [0.05, 0.1) is 19.0 Å². The highest BCUT2D eigenvalue weighted by Crippen LogP contribution is 2.44. The van der Waals surface area contributed by atoms with Crippen LogP contribution in [-0.2, 0) is 18.9 Å². The molecule has 3 saturated heterocycles. The van der Waals surface area contributed by atoms with Crippen LogP contribution in [0.1, 0.15) is 32.1 Å². The number of ether oxygens (including phenoxy) is 4. The molecule has 2 aromatic heterocycles. The smallest absolute Gasteiger partial charge is 0.167 e. The summed E-state index contributed by atoms with van der Waals surface area (Å²) in [6.07, 6.45) is 6.45. The Balaban J connectivity index is 1.30. The van der Waals surface area contributed by atoms with Crippen LogP contribution in [0.15, 0.2) is 43.0 Å². The fourth-order valence-corrected chi connectivity index (χ4v) is 4.75. The van der Waals surface area contributed by atoms with Crippen LogP contribution < -0.4 is 5.32 Å². The van der Waals surface area contributed by atoms with Crippen molar-refractivity contribution >= 4 is 23.1 Å². The molecule has 6 rings (SSSR count). The van der Waals surface area contributed by atoms with Gasteiger partial charge in [0, 0.05) is 6.61 Å². The highest BCUT2D eigenvalue weighted by molar-refractivity contribution is 5.82. The Morgan fingerprint density at radius 1 is 1.12 bits per heavy atom. The van der Waals surface area contributed by atoms with Crippen LogP contribution in [-0.4, -0.2) is 62.9 Å². The number of fused-ring (bicyclic) bond motifs is 2. The molecule has 0 bridgehead atoms. The van der Waals surface area contributed by atoms with E-state index in [1.807, 2.05) is 30.6 Å². The molecule has 0 amide bonds. The van der Waals surface area contributed by atoms with Gasteiger partial charge in [-0.2, -0.15) is 0 Å². The maximum Gasteiger partial charge on any atom is 0.167 e. The molecule has 5 unspecified atom stereocenters. The predicted octanol–water partition coefficient (Wildman–Crippen LogP) is 3.30. The Hall–Kier alpha value is -2.92. The van der Waals surface area contributed by atoms with Crippen molar-refractivity contribution in [2.24, 2.45) is 0 Å². The number of hydrogen-bond acceptors (Lipinski definition) is 8. The molecule has 0 radical (unpaired) electrons. The minimum atomic E-state index is -0.750. The first-order chi connectivity index (χ1) is 16.5. The first-order valence-corrected chi connectivity index (χ1v) is 11.4. The zero-order chi connectivity index (χ0) is 23.3. The second-order valence-electron chi connectivity index (χ2n) is 9.22. The molecular formula is C24H26FN5O4. The number of aromatic nitrogens is 4. The number of anilines is 1. The summed E-state index contributed by atoms with van der Waals surface area (Å²) in [6, 6.07) is 6.49. The zero-order valence-electron chi connectivity index (χ0n) is 18.9. The van der Waals surface area contributed by atoms with Gasteiger partial charge in [0.25, 0.3) is 0 Å². The number of rotatable bonds is 5. The van der Waals surface area contributed by atoms with Crippen molar-refractivity contribution in [2.45, 2.75) is 56.6 Å². The summed E-state index contributed by atoms with van der Waals surface area (Å²) < 4.78 is 39.4. The number of nitrogens with one attached hydrogen (secondary N) is 1. The quantitative estimate of drug-likeness (QED) is 0.611. The van der Waals surface area contributed by atoms with Crippen LogP contribution >= 0.6 is 0 Å². The van der Waals surface area contributed by atoms with Crippen molar-refractivity contribution in [3.05, 3.63) is 54.4 Å². The number of benzene rings is 1. The second kappa shape index (κ2) is 8.38. The van der Waals surface area contributed by atoms with Crippen molar-refractivity contribution in [1.82, 2.24) is 19.5 Å². The topological polar surface area (TPSA) is 92.6 Å². The van der Waals surface area contributed by atoms with Gasteiger partial charge in [0.2, 0.25) is 0 Å². The molecule has 178 valence electrons. The molecule has 3 fully saturated rings. The zero-order valence-corrected chi connectivity index (χ0v) is 18.9. The molecule has 5 atom stereocenters. The molecular weight excluding hydrogens is 441 g/mol. The highest BCUT2D eigenvalue weighted by Gasteiger charge is 2.55. The average molecular weight is 468 g/mol. The lowest BCUT2D eigenvalue weighted by atomic mass is 10.1. The van der Waals surface area contributed by atoms with E-state index in [0.29, 0.717) is 23.6 Å². The average Bonchev–Trinajstić information content (AvgIpc) is 3.58. The molecule has 0 saturated carbocycles. The number of hydrogen-bond donors (Lipinski definition) is 1. The molecule has 0 aliphatic carbocycles. The lowest BCUT2D eigenvalue weighted by Crippen LogP contribution is -2.28. The van der Waals surface area contributed by atoms with Gasteiger partial charge < -0.3 is 24.3 Å². The van der Waals surface area contributed by atoms with Gasteiger partial charge in [0.1, 0.15) is 30.5 Å². The summed E-state index contributed by atoms with van der Waals surface area (Å²) >= 11 is 0. The van der Waals surface area contributed by atoms with Crippen molar-refractivity contribution in [2.75, 3.05) is 18.5 Å². The summed E-state index contributed by atoms with van der Waals surface area (Å²) in [7, 11) is 0. The van der Waals surface area contributed by atoms with Crippen LogP contribution in [0.3, 0.4) is 0 Å². The highest BCUT2D eigenvalue weighted by atomic mass is 19.1. The molecule has 5 heterocycles. The van der Waals surface area contributed by atoms with Crippen LogP contribution in [0.5, 0.6) is 0 Å². The van der Waals surface area contributed by atoms with Crippen molar-refractivity contribution in [1.29, 1.82) is 0 Å². The molecule has 1 aromatic carbocycles. The number of imidazole rings is 1. The van der Waals surface area contributed by atoms with E-state index in [9.17, 15) is 4.39 Å². The summed E-state index contributed by atoms with van der Waals surface area (Å²) in [5.41, 5.74) is 2.19. The van der Waals surface area contributed by atoms with Crippen LogP contribution in [0.4, 0.5) is 10.2 Å². The maximum absolute atomic E-state index is 13.3. The van der Waals surface area contributed by atoms with E-state index in [4.69, 9.17) is 18.9 Å². The number of nitrogens with zero attached hydrogens (tertiary/aromatic N) is 4. The van der Waals surface area contributed by atoms with E-state index in [0.717, 1.165) is 18.6 Å². The van der Waals surface area contributed by atoms with Crippen LogP contribution in [0, 0.1) is 5.82 Å². The van der Waals surface area contributed by atoms with Gasteiger partial charge in [0.15, 0.2) is 29.0 Å². The molecule has 34 heavy (non-hydrogen) atoms. The fourth-order valence-electron chi connectivity index (χ4n) is 4.75. The Morgan fingerprint density at radius 2 is 1.94 bits per heavy atom. The van der Waals surface area contributed by atoms with Gasteiger partial charge >= 0.3 is 0 Å². The van der Waals surface area contributed by atoms with Gasteiger partial charge in [-0.05, 0) is 38.0 Å². The Labute approximate surface area is 195 Å². The van der Waals surface area contributed by atoms with E-state index in [-0.39, 0.29) is 30.2 Å². The van der Waals surface area contributed by atoms with Gasteiger partial charge in [-0.25, -0.2) is 19.3 Å². The molecule has 9 nitrogen and oxygen atoms in total. The second-order valence-corrected chi connectivity index (χ2v) is 9.22. The van der Waals surface area contributed by atoms with E-state index >= 15 is 0 Å².